The van der Waals surface area contributed by atoms with E-state index in [1.165, 1.54) is 32.7 Å². The Labute approximate surface area is 252 Å². The van der Waals surface area contributed by atoms with E-state index in [4.69, 9.17) is 14.4 Å². The SMILES string of the molecule is c1ccc2c3c(ccc2c1)-c1cccc2cccc(c12)N3c1nc2ccccc2nc1-c1ccc2oc3ccccc3c2c1. The highest BCUT2D eigenvalue weighted by molar-refractivity contribution is 6.19. The third kappa shape index (κ3) is 3.22. The van der Waals surface area contributed by atoms with Gasteiger partial charge in [0.1, 0.15) is 16.9 Å². The van der Waals surface area contributed by atoms with Crippen molar-refractivity contribution >= 4 is 71.7 Å². The molecule has 0 N–H and O–H groups in total. The van der Waals surface area contributed by atoms with Gasteiger partial charge < -0.3 is 4.42 Å². The van der Waals surface area contributed by atoms with Crippen LogP contribution in [0.15, 0.2) is 144 Å². The molecular weight excluding hydrogens is 538 g/mol. The number of furan rings is 1. The summed E-state index contributed by atoms with van der Waals surface area (Å²) in [4.78, 5) is 13.1. The monoisotopic (exact) mass is 561 g/mol. The van der Waals surface area contributed by atoms with Crippen molar-refractivity contribution in [3.05, 3.63) is 140 Å². The van der Waals surface area contributed by atoms with E-state index in [1.54, 1.807) is 0 Å². The third-order valence-corrected chi connectivity index (χ3v) is 8.95. The third-order valence-electron chi connectivity index (χ3n) is 8.95. The average molecular weight is 562 g/mol. The standard InChI is InChI=1S/C40H23N3O/c1-2-12-27-24(9-1)19-21-30-29-14-7-10-25-11-8-17-34(37(25)29)43(39(27)30)40-38(41-32-15-4-5-16-33(32)42-40)26-20-22-36-31(23-26)28-13-3-6-18-35(28)44-36/h1-23H. The molecule has 0 fully saturated rings. The van der Waals surface area contributed by atoms with Crippen LogP contribution in [0.4, 0.5) is 17.2 Å². The molecule has 0 aliphatic carbocycles. The van der Waals surface area contributed by atoms with E-state index >= 15 is 0 Å². The van der Waals surface area contributed by atoms with Crippen molar-refractivity contribution in [3.8, 4) is 22.4 Å². The molecule has 4 nitrogen and oxygen atoms in total. The number of para-hydroxylation sites is 3. The van der Waals surface area contributed by atoms with Crippen molar-refractivity contribution in [1.29, 1.82) is 0 Å². The van der Waals surface area contributed by atoms with Crippen molar-refractivity contribution in [2.24, 2.45) is 0 Å². The van der Waals surface area contributed by atoms with Crippen LogP contribution in [-0.2, 0) is 0 Å². The first-order valence-electron chi connectivity index (χ1n) is 14.8. The van der Waals surface area contributed by atoms with Crippen LogP contribution < -0.4 is 4.90 Å². The summed E-state index contributed by atoms with van der Waals surface area (Å²) < 4.78 is 6.19. The van der Waals surface area contributed by atoms with E-state index < -0.39 is 0 Å². The van der Waals surface area contributed by atoms with Crippen molar-refractivity contribution in [2.75, 3.05) is 4.90 Å². The Morgan fingerprint density at radius 1 is 0.500 bits per heavy atom. The summed E-state index contributed by atoms with van der Waals surface area (Å²) in [7, 11) is 0. The van der Waals surface area contributed by atoms with Crippen LogP contribution in [0.3, 0.4) is 0 Å². The highest BCUT2D eigenvalue weighted by Crippen LogP contribution is 2.54. The Bertz CT molecular complexity index is 2630. The van der Waals surface area contributed by atoms with Gasteiger partial charge >= 0.3 is 0 Å². The molecule has 10 rings (SSSR count). The van der Waals surface area contributed by atoms with Gasteiger partial charge in [0.15, 0.2) is 5.82 Å². The lowest BCUT2D eigenvalue weighted by Gasteiger charge is -2.34. The van der Waals surface area contributed by atoms with Crippen LogP contribution in [0, 0.1) is 0 Å². The number of hydrogen-bond donors (Lipinski definition) is 0. The molecule has 1 aliphatic rings. The number of nitrogens with zero attached hydrogens (tertiary/aromatic N) is 3. The first kappa shape index (κ1) is 23.6. The van der Waals surface area contributed by atoms with Gasteiger partial charge in [0, 0.05) is 32.7 Å². The summed E-state index contributed by atoms with van der Waals surface area (Å²) in [5, 5.41) is 6.93. The maximum Gasteiger partial charge on any atom is 0.165 e. The molecule has 0 radical (unpaired) electrons. The van der Waals surface area contributed by atoms with E-state index in [0.29, 0.717) is 0 Å². The molecular formula is C40H23N3O. The minimum atomic E-state index is 0.801. The topological polar surface area (TPSA) is 42.2 Å². The van der Waals surface area contributed by atoms with Gasteiger partial charge in [-0.25, -0.2) is 9.97 Å². The summed E-state index contributed by atoms with van der Waals surface area (Å²) in [6.45, 7) is 0. The Balaban J connectivity index is 1.35. The van der Waals surface area contributed by atoms with Gasteiger partial charge in [0.25, 0.3) is 0 Å². The molecule has 44 heavy (non-hydrogen) atoms. The number of rotatable bonds is 2. The normalized spacial score (nSPS) is 12.5. The Morgan fingerprint density at radius 2 is 1.23 bits per heavy atom. The van der Waals surface area contributed by atoms with Crippen molar-refractivity contribution in [1.82, 2.24) is 9.97 Å². The fourth-order valence-electron chi connectivity index (χ4n) is 7.00. The van der Waals surface area contributed by atoms with Gasteiger partial charge in [0.05, 0.1) is 22.4 Å². The molecule has 0 saturated carbocycles. The molecule has 7 aromatic carbocycles. The summed E-state index contributed by atoms with van der Waals surface area (Å²) in [5.74, 6) is 0.801. The zero-order valence-corrected chi connectivity index (χ0v) is 23.5. The molecule has 3 heterocycles. The molecule has 0 unspecified atom stereocenters. The number of fused-ring (bicyclic) bond motifs is 8. The molecule has 0 bridgehead atoms. The molecule has 9 aromatic rings. The molecule has 1 aliphatic heterocycles. The zero-order valence-electron chi connectivity index (χ0n) is 23.5. The fourth-order valence-corrected chi connectivity index (χ4v) is 7.00. The molecule has 2 aromatic heterocycles. The largest absolute Gasteiger partial charge is 0.456 e. The summed E-state index contributed by atoms with van der Waals surface area (Å²) >= 11 is 0. The molecule has 0 atom stereocenters. The average Bonchev–Trinajstić information content (AvgIpc) is 3.46. The number of anilines is 3. The lowest BCUT2D eigenvalue weighted by atomic mass is 9.88. The second-order valence-electron chi connectivity index (χ2n) is 11.4. The van der Waals surface area contributed by atoms with Crippen molar-refractivity contribution in [2.45, 2.75) is 0 Å². The minimum absolute atomic E-state index is 0.801. The molecule has 0 spiro atoms. The van der Waals surface area contributed by atoms with Gasteiger partial charge in [-0.2, -0.15) is 0 Å². The van der Waals surface area contributed by atoms with E-state index in [-0.39, 0.29) is 0 Å². The number of hydrogen-bond acceptors (Lipinski definition) is 4. The Morgan fingerprint density at radius 3 is 2.14 bits per heavy atom. The van der Waals surface area contributed by atoms with E-state index in [1.807, 2.05) is 36.4 Å². The van der Waals surface area contributed by atoms with Crippen LogP contribution >= 0.6 is 0 Å². The maximum atomic E-state index is 6.19. The highest BCUT2D eigenvalue weighted by Gasteiger charge is 2.31. The second kappa shape index (κ2) is 8.76. The number of aromatic nitrogens is 2. The summed E-state index contributed by atoms with van der Waals surface area (Å²) in [6, 6.07) is 48.9. The second-order valence-corrected chi connectivity index (χ2v) is 11.4. The fraction of sp³-hybridized carbons (Fsp3) is 0. The summed E-state index contributed by atoms with van der Waals surface area (Å²) in [6.07, 6.45) is 0. The molecule has 4 heteroatoms. The summed E-state index contributed by atoms with van der Waals surface area (Å²) in [5.41, 5.74) is 9.91. The van der Waals surface area contributed by atoms with Gasteiger partial charge in [-0.3, -0.25) is 4.90 Å². The smallest absolute Gasteiger partial charge is 0.165 e. The van der Waals surface area contributed by atoms with Crippen molar-refractivity contribution < 1.29 is 4.42 Å². The quantitative estimate of drug-likeness (QED) is 0.211. The predicted octanol–water partition coefficient (Wildman–Crippen LogP) is 11.0. The molecule has 0 saturated heterocycles. The lowest BCUT2D eigenvalue weighted by Crippen LogP contribution is -2.18. The van der Waals surface area contributed by atoms with E-state index in [2.05, 4.69) is 108 Å². The van der Waals surface area contributed by atoms with Gasteiger partial charge in [-0.1, -0.05) is 97.1 Å². The Hall–Kier alpha value is -6.00. The van der Waals surface area contributed by atoms with Gasteiger partial charge in [0.2, 0.25) is 0 Å². The first-order valence-corrected chi connectivity index (χ1v) is 14.8. The maximum absolute atomic E-state index is 6.19. The first-order chi connectivity index (χ1) is 21.8. The van der Waals surface area contributed by atoms with Crippen LogP contribution in [0.5, 0.6) is 0 Å². The highest BCUT2D eigenvalue weighted by atomic mass is 16.3. The number of benzene rings is 7. The van der Waals surface area contributed by atoms with Crippen LogP contribution in [-0.4, -0.2) is 9.97 Å². The lowest BCUT2D eigenvalue weighted by molar-refractivity contribution is 0.669. The predicted molar refractivity (Wildman–Crippen MR) is 181 cm³/mol. The van der Waals surface area contributed by atoms with Crippen molar-refractivity contribution in [3.63, 3.8) is 0 Å². The van der Waals surface area contributed by atoms with Gasteiger partial charge in [-0.15, -0.1) is 0 Å². The van der Waals surface area contributed by atoms with E-state index in [9.17, 15) is 0 Å². The van der Waals surface area contributed by atoms with Gasteiger partial charge in [-0.05, 0) is 58.8 Å². The van der Waals surface area contributed by atoms with Crippen LogP contribution in [0.25, 0.3) is 76.9 Å². The van der Waals surface area contributed by atoms with E-state index in [0.717, 1.165) is 61.4 Å². The minimum Gasteiger partial charge on any atom is -0.456 e. The Kier molecular flexibility index (Phi) is 4.69. The van der Waals surface area contributed by atoms with Crippen LogP contribution in [0.2, 0.25) is 0 Å². The van der Waals surface area contributed by atoms with Crippen LogP contribution in [0.1, 0.15) is 0 Å². The zero-order chi connectivity index (χ0) is 28.8. The molecule has 0 amide bonds. The molecule has 204 valence electrons.